The van der Waals surface area contributed by atoms with Crippen LogP contribution in [0, 0.1) is 5.41 Å². The molecule has 0 unspecified atom stereocenters. The number of amidine groups is 1. The van der Waals surface area contributed by atoms with Gasteiger partial charge in [0.2, 0.25) is 5.91 Å². The molecular formula is C11H13N5O. The summed E-state index contributed by atoms with van der Waals surface area (Å²) < 4.78 is 0. The van der Waals surface area contributed by atoms with Crippen LogP contribution in [0.1, 0.15) is 11.3 Å². The van der Waals surface area contributed by atoms with Crippen LogP contribution in [0.25, 0.3) is 10.9 Å². The van der Waals surface area contributed by atoms with Gasteiger partial charge in [-0.3, -0.25) is 15.6 Å². The summed E-state index contributed by atoms with van der Waals surface area (Å²) in [7, 11) is 0. The zero-order chi connectivity index (χ0) is 12.4. The number of benzene rings is 1. The fourth-order valence-electron chi connectivity index (χ4n) is 1.68. The normalized spacial score (nSPS) is 10.4. The molecule has 0 atom stereocenters. The lowest BCUT2D eigenvalue weighted by Gasteiger charge is -1.96. The van der Waals surface area contributed by atoms with Crippen molar-refractivity contribution in [2.24, 2.45) is 11.6 Å². The van der Waals surface area contributed by atoms with Gasteiger partial charge in [0.25, 0.3) is 0 Å². The number of rotatable bonds is 3. The summed E-state index contributed by atoms with van der Waals surface area (Å²) >= 11 is 0. The highest BCUT2D eigenvalue weighted by Gasteiger charge is 2.06. The molecule has 0 radical (unpaired) electrons. The predicted molar refractivity (Wildman–Crippen MR) is 65.3 cm³/mol. The molecule has 7 N–H and O–H groups in total. The number of H-pyrrole nitrogens is 1. The van der Waals surface area contributed by atoms with E-state index in [1.54, 1.807) is 12.1 Å². The second-order valence-electron chi connectivity index (χ2n) is 3.75. The first-order chi connectivity index (χ1) is 8.10. The van der Waals surface area contributed by atoms with Crippen molar-refractivity contribution in [3.05, 3.63) is 35.5 Å². The van der Waals surface area contributed by atoms with Gasteiger partial charge in [-0.1, -0.05) is 0 Å². The second kappa shape index (κ2) is 4.26. The standard InChI is InChI=1S/C11H13N5O/c12-11(13)6-1-2-9-7(3-6)4-8(15-9)5-10(17)16-14/h1-4,15H,5,14H2,(H3,12,13)(H,16,17). The van der Waals surface area contributed by atoms with Crippen LogP contribution in [-0.4, -0.2) is 16.7 Å². The molecule has 0 aliphatic rings. The number of carbonyl (C=O) groups excluding carboxylic acids is 1. The van der Waals surface area contributed by atoms with Gasteiger partial charge in [0.05, 0.1) is 6.42 Å². The minimum Gasteiger partial charge on any atom is -0.384 e. The van der Waals surface area contributed by atoms with Crippen LogP contribution in [-0.2, 0) is 11.2 Å². The third kappa shape index (κ3) is 2.26. The quantitative estimate of drug-likeness (QED) is 0.168. The molecule has 6 heteroatoms. The van der Waals surface area contributed by atoms with E-state index < -0.39 is 0 Å². The number of hydrazine groups is 1. The summed E-state index contributed by atoms with van der Waals surface area (Å²) in [5.74, 6) is 4.78. The van der Waals surface area contributed by atoms with Crippen LogP contribution in [0.2, 0.25) is 0 Å². The minimum atomic E-state index is -0.261. The largest absolute Gasteiger partial charge is 0.384 e. The fourth-order valence-corrected chi connectivity index (χ4v) is 1.68. The van der Waals surface area contributed by atoms with Crippen LogP contribution < -0.4 is 17.0 Å². The highest BCUT2D eigenvalue weighted by molar-refractivity contribution is 5.98. The highest BCUT2D eigenvalue weighted by atomic mass is 16.2. The maximum atomic E-state index is 11.1. The monoisotopic (exact) mass is 231 g/mol. The van der Waals surface area contributed by atoms with Gasteiger partial charge in [-0.15, -0.1) is 0 Å². The van der Waals surface area contributed by atoms with E-state index in [-0.39, 0.29) is 18.2 Å². The van der Waals surface area contributed by atoms with Crippen LogP contribution in [0.3, 0.4) is 0 Å². The topological polar surface area (TPSA) is 121 Å². The number of hydrogen-bond acceptors (Lipinski definition) is 3. The Balaban J connectivity index is 2.37. The molecule has 0 spiro atoms. The molecule has 1 heterocycles. The van der Waals surface area contributed by atoms with E-state index in [9.17, 15) is 4.79 Å². The number of nitrogens with one attached hydrogen (secondary N) is 3. The molecule has 2 aromatic rings. The number of fused-ring (bicyclic) bond motifs is 1. The van der Waals surface area contributed by atoms with Crippen LogP contribution in [0.15, 0.2) is 24.3 Å². The second-order valence-corrected chi connectivity index (χ2v) is 3.75. The molecule has 6 nitrogen and oxygen atoms in total. The minimum absolute atomic E-state index is 0.0225. The number of nitrogens with two attached hydrogens (primary N) is 2. The molecule has 0 aliphatic heterocycles. The summed E-state index contributed by atoms with van der Waals surface area (Å²) in [6.07, 6.45) is 0.195. The van der Waals surface area contributed by atoms with E-state index in [1.807, 2.05) is 12.1 Å². The van der Waals surface area contributed by atoms with Crippen molar-refractivity contribution in [2.75, 3.05) is 0 Å². The Morgan fingerprint density at radius 2 is 2.18 bits per heavy atom. The van der Waals surface area contributed by atoms with Gasteiger partial charge >= 0.3 is 0 Å². The lowest BCUT2D eigenvalue weighted by atomic mass is 10.1. The van der Waals surface area contributed by atoms with Gasteiger partial charge in [0, 0.05) is 22.2 Å². The van der Waals surface area contributed by atoms with E-state index in [0.717, 1.165) is 16.6 Å². The maximum Gasteiger partial charge on any atom is 0.239 e. The number of hydrogen-bond donors (Lipinski definition) is 5. The van der Waals surface area contributed by atoms with E-state index in [2.05, 4.69) is 10.4 Å². The summed E-state index contributed by atoms with van der Waals surface area (Å²) in [4.78, 5) is 14.2. The third-order valence-corrected chi connectivity index (χ3v) is 2.50. The number of nitrogen functional groups attached to an aromatic ring is 1. The Labute approximate surface area is 97.5 Å². The SMILES string of the molecule is N=C(N)c1ccc2[nH]c(CC(=O)NN)cc2c1. The first-order valence-electron chi connectivity index (χ1n) is 5.05. The van der Waals surface area contributed by atoms with Crippen molar-refractivity contribution in [3.8, 4) is 0 Å². The van der Waals surface area contributed by atoms with Gasteiger partial charge in [-0.2, -0.15) is 0 Å². The summed E-state index contributed by atoms with van der Waals surface area (Å²) in [6, 6.07) is 7.24. The maximum absolute atomic E-state index is 11.1. The van der Waals surface area contributed by atoms with Crippen LogP contribution in [0.4, 0.5) is 0 Å². The smallest absolute Gasteiger partial charge is 0.239 e. The molecule has 0 saturated carbocycles. The molecular weight excluding hydrogens is 218 g/mol. The molecule has 0 fully saturated rings. The van der Waals surface area contributed by atoms with Crippen molar-refractivity contribution in [3.63, 3.8) is 0 Å². The Bertz CT molecular complexity index is 587. The van der Waals surface area contributed by atoms with Gasteiger partial charge in [0.15, 0.2) is 0 Å². The number of carbonyl (C=O) groups is 1. The molecule has 17 heavy (non-hydrogen) atoms. The molecule has 2 rings (SSSR count). The number of aromatic amines is 1. The van der Waals surface area contributed by atoms with Crippen LogP contribution >= 0.6 is 0 Å². The first-order valence-corrected chi connectivity index (χ1v) is 5.05. The average Bonchev–Trinajstić information content (AvgIpc) is 2.69. The average molecular weight is 231 g/mol. The summed E-state index contributed by atoms with van der Waals surface area (Å²) in [5.41, 5.74) is 9.80. The molecule has 1 amide bonds. The van der Waals surface area contributed by atoms with Gasteiger partial charge in [-0.25, -0.2) is 5.84 Å². The van der Waals surface area contributed by atoms with Crippen molar-refractivity contribution < 1.29 is 4.79 Å². The van der Waals surface area contributed by atoms with Crippen molar-refractivity contribution in [1.82, 2.24) is 10.4 Å². The lowest BCUT2D eigenvalue weighted by molar-refractivity contribution is -0.120. The molecule has 0 bridgehead atoms. The highest BCUT2D eigenvalue weighted by Crippen LogP contribution is 2.17. The van der Waals surface area contributed by atoms with Gasteiger partial charge in [-0.05, 0) is 24.3 Å². The Hall–Kier alpha value is -2.34. The van der Waals surface area contributed by atoms with Gasteiger partial charge < -0.3 is 10.7 Å². The Morgan fingerprint density at radius 1 is 1.41 bits per heavy atom. The van der Waals surface area contributed by atoms with Crippen molar-refractivity contribution in [2.45, 2.75) is 6.42 Å². The zero-order valence-corrected chi connectivity index (χ0v) is 9.08. The zero-order valence-electron chi connectivity index (χ0n) is 9.08. The van der Waals surface area contributed by atoms with Crippen LogP contribution in [0.5, 0.6) is 0 Å². The van der Waals surface area contributed by atoms with Gasteiger partial charge in [0.1, 0.15) is 5.84 Å². The Kier molecular flexibility index (Phi) is 2.80. The lowest BCUT2D eigenvalue weighted by Crippen LogP contribution is -2.31. The van der Waals surface area contributed by atoms with E-state index >= 15 is 0 Å². The fraction of sp³-hybridized carbons (Fsp3) is 0.0909. The molecule has 0 saturated heterocycles. The molecule has 88 valence electrons. The third-order valence-electron chi connectivity index (χ3n) is 2.50. The summed E-state index contributed by atoms with van der Waals surface area (Å²) in [6.45, 7) is 0. The van der Waals surface area contributed by atoms with E-state index in [1.165, 1.54) is 0 Å². The predicted octanol–water partition coefficient (Wildman–Crippen LogP) is -0.0156. The molecule has 0 aliphatic carbocycles. The Morgan fingerprint density at radius 3 is 2.82 bits per heavy atom. The number of amides is 1. The first kappa shape index (κ1) is 11.2. The summed E-state index contributed by atoms with van der Waals surface area (Å²) in [5, 5.41) is 8.26. The van der Waals surface area contributed by atoms with E-state index in [0.29, 0.717) is 5.56 Å². The number of aromatic nitrogens is 1. The van der Waals surface area contributed by atoms with Crippen molar-refractivity contribution >= 4 is 22.6 Å². The molecule has 1 aromatic heterocycles. The molecule has 1 aromatic carbocycles. The van der Waals surface area contributed by atoms with E-state index in [4.69, 9.17) is 17.0 Å². The van der Waals surface area contributed by atoms with Crippen molar-refractivity contribution in [1.29, 1.82) is 5.41 Å².